The number of hydrogen-bond acceptors (Lipinski definition) is 3. The molecule has 2 rings (SSSR count). The second-order valence-electron chi connectivity index (χ2n) is 4.57. The Balaban J connectivity index is 1.51. The van der Waals surface area contributed by atoms with Gasteiger partial charge in [0.15, 0.2) is 0 Å². The molecule has 16 heavy (non-hydrogen) atoms. The number of amides is 1. The van der Waals surface area contributed by atoms with E-state index in [1.165, 1.54) is 25.7 Å². The normalized spacial score (nSPS) is 26.1. The Morgan fingerprint density at radius 2 is 2.06 bits per heavy atom. The fourth-order valence-corrected chi connectivity index (χ4v) is 3.57. The van der Waals surface area contributed by atoms with Gasteiger partial charge in [0.2, 0.25) is 5.91 Å². The summed E-state index contributed by atoms with van der Waals surface area (Å²) in [5.74, 6) is 1.13. The zero-order valence-corrected chi connectivity index (χ0v) is 10.6. The summed E-state index contributed by atoms with van der Waals surface area (Å²) in [6, 6.07) is 0. The minimum Gasteiger partial charge on any atom is -0.368 e. The van der Waals surface area contributed by atoms with Gasteiger partial charge < -0.3 is 10.1 Å². The molecule has 1 aliphatic carbocycles. The maximum absolute atomic E-state index is 11.6. The first-order valence-corrected chi connectivity index (χ1v) is 7.42. The molecule has 0 aromatic carbocycles. The van der Waals surface area contributed by atoms with E-state index in [1.807, 2.05) is 11.8 Å². The molecule has 0 aromatic heterocycles. The van der Waals surface area contributed by atoms with E-state index < -0.39 is 0 Å². The van der Waals surface area contributed by atoms with Crippen molar-refractivity contribution < 1.29 is 9.53 Å². The summed E-state index contributed by atoms with van der Waals surface area (Å²) in [4.78, 5) is 11.6. The van der Waals surface area contributed by atoms with Crippen LogP contribution in [0.25, 0.3) is 0 Å². The third-order valence-corrected chi connectivity index (χ3v) is 4.66. The highest BCUT2D eigenvalue weighted by molar-refractivity contribution is 7.99. The number of nitrogens with one attached hydrogen (secondary N) is 1. The van der Waals surface area contributed by atoms with Crippen LogP contribution in [-0.2, 0) is 9.53 Å². The molecule has 0 radical (unpaired) electrons. The van der Waals surface area contributed by atoms with E-state index in [4.69, 9.17) is 4.74 Å². The van der Waals surface area contributed by atoms with Gasteiger partial charge >= 0.3 is 0 Å². The highest BCUT2D eigenvalue weighted by atomic mass is 32.2. The van der Waals surface area contributed by atoms with Crippen LogP contribution in [0.1, 0.15) is 38.5 Å². The maximum atomic E-state index is 11.6. The van der Waals surface area contributed by atoms with Crippen LogP contribution in [0, 0.1) is 0 Å². The van der Waals surface area contributed by atoms with Gasteiger partial charge in [-0.3, -0.25) is 4.79 Å². The molecule has 0 bridgehead atoms. The molecule has 1 saturated carbocycles. The van der Waals surface area contributed by atoms with Crippen LogP contribution in [0.4, 0.5) is 0 Å². The monoisotopic (exact) mass is 243 g/mol. The second kappa shape index (κ2) is 6.50. The Hall–Kier alpha value is -0.220. The molecule has 0 unspecified atom stereocenters. The molecule has 1 atom stereocenters. The standard InChI is InChI=1S/C12H21NO2S/c14-12(11-6-3-8-15-11)13-7-9-16-10-4-1-2-5-10/h10-11H,1-9H2,(H,13,14)/t11-/m0/s1. The van der Waals surface area contributed by atoms with Crippen LogP contribution in [0.2, 0.25) is 0 Å². The van der Waals surface area contributed by atoms with Crippen molar-refractivity contribution in [2.75, 3.05) is 18.9 Å². The van der Waals surface area contributed by atoms with Crippen LogP contribution in [-0.4, -0.2) is 36.2 Å². The first-order chi connectivity index (χ1) is 7.86. The summed E-state index contributed by atoms with van der Waals surface area (Å²) in [6.45, 7) is 1.54. The number of thioether (sulfide) groups is 1. The number of carbonyl (C=O) groups excluding carboxylic acids is 1. The molecule has 3 nitrogen and oxygen atoms in total. The van der Waals surface area contributed by atoms with Crippen LogP contribution in [0.3, 0.4) is 0 Å². The Kier molecular flexibility index (Phi) is 4.97. The van der Waals surface area contributed by atoms with Gasteiger partial charge in [-0.1, -0.05) is 12.8 Å². The average molecular weight is 243 g/mol. The summed E-state index contributed by atoms with van der Waals surface area (Å²) < 4.78 is 5.33. The van der Waals surface area contributed by atoms with Crippen molar-refractivity contribution >= 4 is 17.7 Å². The maximum Gasteiger partial charge on any atom is 0.249 e. The SMILES string of the molecule is O=C(NCCSC1CCCC1)[C@@H]1CCCO1. The minimum absolute atomic E-state index is 0.0875. The number of rotatable bonds is 5. The van der Waals surface area contributed by atoms with Crippen molar-refractivity contribution in [3.8, 4) is 0 Å². The van der Waals surface area contributed by atoms with Crippen LogP contribution < -0.4 is 5.32 Å². The van der Waals surface area contributed by atoms with Crippen LogP contribution >= 0.6 is 11.8 Å². The van der Waals surface area contributed by atoms with Crippen molar-refractivity contribution in [2.24, 2.45) is 0 Å². The summed E-state index contributed by atoms with van der Waals surface area (Å²) in [5, 5.41) is 3.81. The molecule has 2 fully saturated rings. The summed E-state index contributed by atoms with van der Waals surface area (Å²) >= 11 is 2.01. The second-order valence-corrected chi connectivity index (χ2v) is 5.98. The van der Waals surface area contributed by atoms with E-state index in [0.717, 1.165) is 37.0 Å². The van der Waals surface area contributed by atoms with Gasteiger partial charge in [0, 0.05) is 24.2 Å². The molecule has 0 aromatic rings. The van der Waals surface area contributed by atoms with E-state index >= 15 is 0 Å². The fraction of sp³-hybridized carbons (Fsp3) is 0.917. The average Bonchev–Trinajstić information content (AvgIpc) is 2.96. The quantitative estimate of drug-likeness (QED) is 0.750. The molecule has 1 heterocycles. The lowest BCUT2D eigenvalue weighted by Gasteiger charge is -2.11. The molecule has 2 aliphatic rings. The predicted molar refractivity (Wildman–Crippen MR) is 66.7 cm³/mol. The highest BCUT2D eigenvalue weighted by Gasteiger charge is 2.23. The van der Waals surface area contributed by atoms with Crippen LogP contribution in [0.5, 0.6) is 0 Å². The van der Waals surface area contributed by atoms with E-state index in [-0.39, 0.29) is 12.0 Å². The van der Waals surface area contributed by atoms with E-state index in [9.17, 15) is 4.79 Å². The van der Waals surface area contributed by atoms with Gasteiger partial charge in [-0.05, 0) is 25.7 Å². The van der Waals surface area contributed by atoms with Crippen molar-refractivity contribution in [3.63, 3.8) is 0 Å². The Labute approximate surface area is 102 Å². The largest absolute Gasteiger partial charge is 0.368 e. The zero-order chi connectivity index (χ0) is 11.2. The molecule has 1 aliphatic heterocycles. The van der Waals surface area contributed by atoms with Gasteiger partial charge in [0.25, 0.3) is 0 Å². The third kappa shape index (κ3) is 3.67. The molecular formula is C12H21NO2S. The molecule has 1 N–H and O–H groups in total. The molecule has 1 saturated heterocycles. The van der Waals surface area contributed by atoms with Crippen molar-refractivity contribution in [1.29, 1.82) is 0 Å². The lowest BCUT2D eigenvalue weighted by Crippen LogP contribution is -2.35. The Morgan fingerprint density at radius 1 is 1.25 bits per heavy atom. The first-order valence-electron chi connectivity index (χ1n) is 6.37. The lowest BCUT2D eigenvalue weighted by molar-refractivity contribution is -0.129. The van der Waals surface area contributed by atoms with Crippen LogP contribution in [0.15, 0.2) is 0 Å². The molecule has 1 amide bonds. The summed E-state index contributed by atoms with van der Waals surface area (Å²) in [7, 11) is 0. The van der Waals surface area contributed by atoms with Crippen molar-refractivity contribution in [2.45, 2.75) is 49.9 Å². The van der Waals surface area contributed by atoms with Gasteiger partial charge in [0.05, 0.1) is 0 Å². The number of hydrogen-bond donors (Lipinski definition) is 1. The molecule has 92 valence electrons. The highest BCUT2D eigenvalue weighted by Crippen LogP contribution is 2.28. The molecule has 4 heteroatoms. The van der Waals surface area contributed by atoms with Gasteiger partial charge in [-0.15, -0.1) is 0 Å². The van der Waals surface area contributed by atoms with E-state index in [0.29, 0.717) is 0 Å². The van der Waals surface area contributed by atoms with E-state index in [1.54, 1.807) is 0 Å². The van der Waals surface area contributed by atoms with Gasteiger partial charge in [-0.2, -0.15) is 11.8 Å². The predicted octanol–water partition coefficient (Wildman–Crippen LogP) is 1.96. The number of carbonyl (C=O) groups is 1. The Bertz CT molecular complexity index is 223. The van der Waals surface area contributed by atoms with Crippen molar-refractivity contribution in [1.82, 2.24) is 5.32 Å². The molecular weight excluding hydrogens is 222 g/mol. The lowest BCUT2D eigenvalue weighted by atomic mass is 10.2. The third-order valence-electron chi connectivity index (χ3n) is 3.28. The smallest absolute Gasteiger partial charge is 0.249 e. The van der Waals surface area contributed by atoms with Gasteiger partial charge in [0.1, 0.15) is 6.10 Å². The zero-order valence-electron chi connectivity index (χ0n) is 9.74. The minimum atomic E-state index is -0.170. The van der Waals surface area contributed by atoms with Crippen molar-refractivity contribution in [3.05, 3.63) is 0 Å². The fourth-order valence-electron chi connectivity index (χ4n) is 2.35. The van der Waals surface area contributed by atoms with Gasteiger partial charge in [-0.25, -0.2) is 0 Å². The van der Waals surface area contributed by atoms with E-state index in [2.05, 4.69) is 5.32 Å². The topological polar surface area (TPSA) is 38.3 Å². The summed E-state index contributed by atoms with van der Waals surface area (Å²) in [6.07, 6.45) is 7.25. The Morgan fingerprint density at radius 3 is 2.75 bits per heavy atom. The first kappa shape index (κ1) is 12.2. The summed E-state index contributed by atoms with van der Waals surface area (Å²) in [5.41, 5.74) is 0. The number of ether oxygens (including phenoxy) is 1. The molecule has 0 spiro atoms.